The summed E-state index contributed by atoms with van der Waals surface area (Å²) in [5, 5.41) is 13.6. The van der Waals surface area contributed by atoms with Gasteiger partial charge in [0.2, 0.25) is 0 Å². The maximum absolute atomic E-state index is 11.9. The van der Waals surface area contributed by atoms with Gasteiger partial charge in [0.15, 0.2) is 6.61 Å². The Hall–Kier alpha value is -2.09. The number of esters is 1. The number of ether oxygens (including phenoxy) is 1. The second-order valence-electron chi connectivity index (χ2n) is 5.25. The fourth-order valence-corrected chi connectivity index (χ4v) is 2.27. The zero-order valence-corrected chi connectivity index (χ0v) is 14.1. The average Bonchev–Trinajstić information content (AvgIpc) is 2.51. The molecule has 0 aliphatic carbocycles. The van der Waals surface area contributed by atoms with Crippen molar-refractivity contribution in [3.05, 3.63) is 33.9 Å². The predicted molar refractivity (Wildman–Crippen MR) is 87.6 cm³/mol. The highest BCUT2D eigenvalue weighted by Gasteiger charge is 2.18. The first-order chi connectivity index (χ1) is 10.8. The van der Waals surface area contributed by atoms with Crippen LogP contribution in [0.5, 0.6) is 0 Å². The first-order valence-corrected chi connectivity index (χ1v) is 8.34. The Labute approximate surface area is 138 Å². The number of amides is 1. The molecule has 0 atom stereocenters. The molecule has 0 fully saturated rings. The second-order valence-corrected chi connectivity index (χ2v) is 6.10. The zero-order chi connectivity index (χ0) is 17.4. The molecule has 1 N–H and O–H groups in total. The number of nitrogens with one attached hydrogen (secondary N) is 1. The lowest BCUT2D eigenvalue weighted by Crippen LogP contribution is -2.30. The fourth-order valence-electron chi connectivity index (χ4n) is 1.73. The summed E-state index contributed by atoms with van der Waals surface area (Å²) >= 11 is 1.22. The Bertz CT molecular complexity index is 589. The third-order valence-electron chi connectivity index (χ3n) is 2.99. The molecule has 23 heavy (non-hydrogen) atoms. The van der Waals surface area contributed by atoms with Gasteiger partial charge in [-0.15, -0.1) is 11.8 Å². The molecule has 1 amide bonds. The van der Waals surface area contributed by atoms with Gasteiger partial charge in [0.25, 0.3) is 11.6 Å². The van der Waals surface area contributed by atoms with Crippen LogP contribution >= 0.6 is 11.8 Å². The number of carbonyl (C=O) groups is 2. The molecule has 1 rings (SSSR count). The molecule has 1 aromatic carbocycles. The lowest BCUT2D eigenvalue weighted by molar-refractivity contribution is -0.387. The summed E-state index contributed by atoms with van der Waals surface area (Å²) in [6.07, 6.45) is 2.55. The largest absolute Gasteiger partial charge is 0.452 e. The Kier molecular flexibility index (Phi) is 7.53. The van der Waals surface area contributed by atoms with Gasteiger partial charge >= 0.3 is 5.97 Å². The van der Waals surface area contributed by atoms with E-state index in [-0.39, 0.29) is 11.3 Å². The van der Waals surface area contributed by atoms with Crippen LogP contribution < -0.4 is 5.32 Å². The number of hydrogen-bond donors (Lipinski definition) is 1. The van der Waals surface area contributed by atoms with Crippen molar-refractivity contribution in [2.45, 2.75) is 25.2 Å². The van der Waals surface area contributed by atoms with E-state index < -0.39 is 23.4 Å². The van der Waals surface area contributed by atoms with Crippen LogP contribution in [0, 0.1) is 16.0 Å². The monoisotopic (exact) mass is 340 g/mol. The number of benzene rings is 1. The van der Waals surface area contributed by atoms with Crippen molar-refractivity contribution in [2.75, 3.05) is 19.4 Å². The van der Waals surface area contributed by atoms with Crippen LogP contribution in [0.15, 0.2) is 23.1 Å². The maximum atomic E-state index is 11.9. The van der Waals surface area contributed by atoms with Crippen molar-refractivity contribution in [1.82, 2.24) is 5.32 Å². The molecule has 0 bridgehead atoms. The molecule has 8 heteroatoms. The van der Waals surface area contributed by atoms with Gasteiger partial charge in [-0.1, -0.05) is 13.8 Å². The summed E-state index contributed by atoms with van der Waals surface area (Å²) in [5.41, 5.74) is -0.113. The Balaban J connectivity index is 2.60. The lowest BCUT2D eigenvalue weighted by Gasteiger charge is -2.08. The fraction of sp³-hybridized carbons (Fsp3) is 0.467. The van der Waals surface area contributed by atoms with Gasteiger partial charge in [0, 0.05) is 12.6 Å². The van der Waals surface area contributed by atoms with Gasteiger partial charge in [-0.25, -0.2) is 4.79 Å². The summed E-state index contributed by atoms with van der Waals surface area (Å²) in [4.78, 5) is 34.3. The zero-order valence-electron chi connectivity index (χ0n) is 13.3. The van der Waals surface area contributed by atoms with Gasteiger partial charge in [-0.05, 0) is 30.7 Å². The van der Waals surface area contributed by atoms with Crippen molar-refractivity contribution in [3.8, 4) is 0 Å². The molecule has 0 unspecified atom stereocenters. The SMILES string of the molecule is CSc1ccc(C(=O)OCC(=O)NCCC(C)C)cc1[N+](=O)[O-]. The highest BCUT2D eigenvalue weighted by atomic mass is 32.2. The highest BCUT2D eigenvalue weighted by molar-refractivity contribution is 7.98. The minimum absolute atomic E-state index is 0.0458. The van der Waals surface area contributed by atoms with E-state index in [0.29, 0.717) is 17.4 Å². The molecule has 7 nitrogen and oxygen atoms in total. The molecule has 0 aromatic heterocycles. The Morgan fingerprint density at radius 2 is 2.09 bits per heavy atom. The standard InChI is InChI=1S/C15H20N2O5S/c1-10(2)6-7-16-14(18)9-22-15(19)11-4-5-13(23-3)12(8-11)17(20)21/h4-5,8,10H,6-7,9H2,1-3H3,(H,16,18). The minimum Gasteiger partial charge on any atom is -0.452 e. The van der Waals surface area contributed by atoms with Gasteiger partial charge in [-0.3, -0.25) is 14.9 Å². The summed E-state index contributed by atoms with van der Waals surface area (Å²) in [6, 6.07) is 4.09. The summed E-state index contributed by atoms with van der Waals surface area (Å²) in [6.45, 7) is 4.19. The first-order valence-electron chi connectivity index (χ1n) is 7.11. The van der Waals surface area contributed by atoms with Crippen molar-refractivity contribution in [2.24, 2.45) is 5.92 Å². The van der Waals surface area contributed by atoms with Crippen molar-refractivity contribution in [3.63, 3.8) is 0 Å². The third kappa shape index (κ3) is 6.27. The normalized spacial score (nSPS) is 10.4. The number of nitro groups is 1. The van der Waals surface area contributed by atoms with E-state index in [1.54, 1.807) is 6.26 Å². The number of rotatable bonds is 8. The van der Waals surface area contributed by atoms with E-state index in [9.17, 15) is 19.7 Å². The quantitative estimate of drug-likeness (QED) is 0.338. The van der Waals surface area contributed by atoms with E-state index in [4.69, 9.17) is 4.74 Å². The number of nitrogens with zero attached hydrogens (tertiary/aromatic N) is 1. The summed E-state index contributed by atoms with van der Waals surface area (Å²) in [5.74, 6) is -0.692. The van der Waals surface area contributed by atoms with Crippen molar-refractivity contribution < 1.29 is 19.2 Å². The third-order valence-corrected chi connectivity index (χ3v) is 3.77. The van der Waals surface area contributed by atoms with Crippen LogP contribution in [0.2, 0.25) is 0 Å². The molecule has 1 aromatic rings. The Morgan fingerprint density at radius 3 is 2.65 bits per heavy atom. The van der Waals surface area contributed by atoms with Crippen LogP contribution in [-0.2, 0) is 9.53 Å². The molecule has 0 spiro atoms. The van der Waals surface area contributed by atoms with E-state index in [2.05, 4.69) is 5.32 Å². The molecule has 0 aliphatic heterocycles. The van der Waals surface area contributed by atoms with E-state index in [1.165, 1.54) is 23.9 Å². The maximum Gasteiger partial charge on any atom is 0.338 e. The highest BCUT2D eigenvalue weighted by Crippen LogP contribution is 2.28. The molecular formula is C15H20N2O5S. The number of hydrogen-bond acceptors (Lipinski definition) is 6. The van der Waals surface area contributed by atoms with Crippen LogP contribution in [0.25, 0.3) is 0 Å². The van der Waals surface area contributed by atoms with Gasteiger partial charge in [0.1, 0.15) is 0 Å². The second kappa shape index (κ2) is 9.14. The molecule has 0 saturated heterocycles. The van der Waals surface area contributed by atoms with E-state index >= 15 is 0 Å². The molecule has 0 saturated carbocycles. The Morgan fingerprint density at radius 1 is 1.39 bits per heavy atom. The average molecular weight is 340 g/mol. The summed E-state index contributed by atoms with van der Waals surface area (Å²) < 4.78 is 4.88. The number of thioether (sulfide) groups is 1. The molecule has 0 radical (unpaired) electrons. The van der Waals surface area contributed by atoms with Crippen molar-refractivity contribution in [1.29, 1.82) is 0 Å². The first kappa shape index (κ1) is 19.0. The van der Waals surface area contributed by atoms with Crippen LogP contribution in [0.3, 0.4) is 0 Å². The van der Waals surface area contributed by atoms with Crippen LogP contribution in [-0.4, -0.2) is 36.2 Å². The van der Waals surface area contributed by atoms with E-state index in [0.717, 1.165) is 12.5 Å². The van der Waals surface area contributed by atoms with Gasteiger partial charge in [0.05, 0.1) is 15.4 Å². The predicted octanol–water partition coefficient (Wildman–Crippen LogP) is 2.64. The topological polar surface area (TPSA) is 98.5 Å². The minimum atomic E-state index is -0.764. The lowest BCUT2D eigenvalue weighted by atomic mass is 10.1. The summed E-state index contributed by atoms with van der Waals surface area (Å²) in [7, 11) is 0. The molecule has 0 aliphatic rings. The number of carbonyl (C=O) groups excluding carboxylic acids is 2. The number of nitro benzene ring substituents is 1. The van der Waals surface area contributed by atoms with E-state index in [1.807, 2.05) is 13.8 Å². The van der Waals surface area contributed by atoms with Crippen molar-refractivity contribution >= 4 is 29.3 Å². The smallest absolute Gasteiger partial charge is 0.338 e. The molecular weight excluding hydrogens is 320 g/mol. The van der Waals surface area contributed by atoms with Crippen LogP contribution in [0.4, 0.5) is 5.69 Å². The van der Waals surface area contributed by atoms with Gasteiger partial charge in [-0.2, -0.15) is 0 Å². The molecule has 0 heterocycles. The van der Waals surface area contributed by atoms with Gasteiger partial charge < -0.3 is 10.1 Å². The molecule has 126 valence electrons. The van der Waals surface area contributed by atoms with Crippen LogP contribution in [0.1, 0.15) is 30.6 Å².